The molecule has 0 unspecified atom stereocenters. The summed E-state index contributed by atoms with van der Waals surface area (Å²) in [4.78, 5) is 11.2. The monoisotopic (exact) mass is 331 g/mol. The number of carbonyl (C=O) groups is 1. The van der Waals surface area contributed by atoms with E-state index in [-0.39, 0.29) is 12.1 Å². The number of aromatic nitrogens is 2. The van der Waals surface area contributed by atoms with E-state index in [2.05, 4.69) is 27.2 Å². The van der Waals surface area contributed by atoms with Gasteiger partial charge in [-0.15, -0.1) is 0 Å². The standard InChI is InChI=1S/C18H25N3O3/c1-12-15-11-20-21-16(15)6-7-17(12)24-14-5-3-4-13(10-14)19-9-8-18(22)23-2/h6-7,11,13-14,19H,3-5,8-10H2,1-2H3,(H,20,21)/t13-,14+/m0/s1. The van der Waals surface area contributed by atoms with Gasteiger partial charge >= 0.3 is 5.97 Å². The number of hydrogen-bond acceptors (Lipinski definition) is 5. The number of hydrogen-bond donors (Lipinski definition) is 2. The van der Waals surface area contributed by atoms with Crippen molar-refractivity contribution in [3.05, 3.63) is 23.9 Å². The second kappa shape index (κ2) is 7.66. The number of nitrogens with zero attached hydrogens (tertiary/aromatic N) is 1. The van der Waals surface area contributed by atoms with Crippen molar-refractivity contribution in [3.8, 4) is 5.75 Å². The first-order valence-corrected chi connectivity index (χ1v) is 8.57. The third-order valence-electron chi connectivity index (χ3n) is 4.75. The van der Waals surface area contributed by atoms with E-state index < -0.39 is 0 Å². The van der Waals surface area contributed by atoms with E-state index in [1.807, 2.05) is 18.3 Å². The Hall–Kier alpha value is -2.08. The Morgan fingerprint density at radius 1 is 1.42 bits per heavy atom. The summed E-state index contributed by atoms with van der Waals surface area (Å²) in [6.45, 7) is 2.73. The van der Waals surface area contributed by atoms with Crippen LogP contribution < -0.4 is 10.1 Å². The van der Waals surface area contributed by atoms with Gasteiger partial charge in [-0.3, -0.25) is 9.89 Å². The van der Waals surface area contributed by atoms with Crippen LogP contribution in [0.3, 0.4) is 0 Å². The first-order valence-electron chi connectivity index (χ1n) is 8.57. The van der Waals surface area contributed by atoms with Gasteiger partial charge in [-0.1, -0.05) is 0 Å². The van der Waals surface area contributed by atoms with E-state index in [1.165, 1.54) is 7.11 Å². The van der Waals surface area contributed by atoms with Crippen LogP contribution in [0.4, 0.5) is 0 Å². The quantitative estimate of drug-likeness (QED) is 0.796. The van der Waals surface area contributed by atoms with Crippen LogP contribution in [-0.4, -0.2) is 42.0 Å². The molecule has 6 heteroatoms. The first-order chi connectivity index (χ1) is 11.7. The number of fused-ring (bicyclic) bond motifs is 1. The summed E-state index contributed by atoms with van der Waals surface area (Å²) >= 11 is 0. The van der Waals surface area contributed by atoms with Crippen LogP contribution in [0, 0.1) is 6.92 Å². The maximum atomic E-state index is 11.2. The molecule has 1 aromatic carbocycles. The number of aryl methyl sites for hydroxylation is 1. The average molecular weight is 331 g/mol. The highest BCUT2D eigenvalue weighted by Crippen LogP contribution is 2.30. The predicted octanol–water partition coefficient (Wildman–Crippen LogP) is 2.71. The molecule has 1 saturated carbocycles. The highest BCUT2D eigenvalue weighted by atomic mass is 16.5. The number of carbonyl (C=O) groups excluding carboxylic acids is 1. The number of methoxy groups -OCH3 is 1. The van der Waals surface area contributed by atoms with E-state index in [4.69, 9.17) is 4.74 Å². The van der Waals surface area contributed by atoms with E-state index in [9.17, 15) is 4.79 Å². The molecule has 2 N–H and O–H groups in total. The van der Waals surface area contributed by atoms with Gasteiger partial charge in [-0.05, 0) is 44.7 Å². The van der Waals surface area contributed by atoms with E-state index in [0.29, 0.717) is 19.0 Å². The van der Waals surface area contributed by atoms with Gasteiger partial charge in [0, 0.05) is 23.5 Å². The summed E-state index contributed by atoms with van der Waals surface area (Å²) in [7, 11) is 1.42. The van der Waals surface area contributed by atoms with Gasteiger partial charge in [-0.25, -0.2) is 0 Å². The number of aromatic amines is 1. The Kier molecular flexibility index (Phi) is 5.35. The lowest BCUT2D eigenvalue weighted by molar-refractivity contribution is -0.140. The number of nitrogens with one attached hydrogen (secondary N) is 2. The van der Waals surface area contributed by atoms with Gasteiger partial charge < -0.3 is 14.8 Å². The van der Waals surface area contributed by atoms with Crippen LogP contribution in [0.2, 0.25) is 0 Å². The number of rotatable bonds is 6. The van der Waals surface area contributed by atoms with Crippen molar-refractivity contribution in [3.63, 3.8) is 0 Å². The normalized spacial score (nSPS) is 20.9. The molecular formula is C18H25N3O3. The average Bonchev–Trinajstić information content (AvgIpc) is 3.07. The SMILES string of the molecule is COC(=O)CCN[C@H]1CCC[C@@H](Oc2ccc3[nH]ncc3c2C)C1. The van der Waals surface area contributed by atoms with Crippen molar-refractivity contribution < 1.29 is 14.3 Å². The molecule has 0 amide bonds. The Labute approximate surface area is 141 Å². The molecule has 24 heavy (non-hydrogen) atoms. The zero-order chi connectivity index (χ0) is 16.9. The van der Waals surface area contributed by atoms with Crippen LogP contribution in [0.25, 0.3) is 10.9 Å². The van der Waals surface area contributed by atoms with E-state index in [1.54, 1.807) is 0 Å². The maximum Gasteiger partial charge on any atom is 0.306 e. The van der Waals surface area contributed by atoms with Crippen LogP contribution in [-0.2, 0) is 9.53 Å². The number of ether oxygens (including phenoxy) is 2. The van der Waals surface area contributed by atoms with Gasteiger partial charge in [0.2, 0.25) is 0 Å². The summed E-state index contributed by atoms with van der Waals surface area (Å²) in [6, 6.07) is 4.43. The molecule has 1 fully saturated rings. The van der Waals surface area contributed by atoms with Crippen molar-refractivity contribution in [2.45, 2.75) is 51.2 Å². The largest absolute Gasteiger partial charge is 0.490 e. The fourth-order valence-corrected chi connectivity index (χ4v) is 3.36. The van der Waals surface area contributed by atoms with Crippen LogP contribution in [0.15, 0.2) is 18.3 Å². The molecule has 6 nitrogen and oxygen atoms in total. The lowest BCUT2D eigenvalue weighted by Gasteiger charge is -2.30. The minimum atomic E-state index is -0.171. The predicted molar refractivity (Wildman–Crippen MR) is 92.1 cm³/mol. The highest BCUT2D eigenvalue weighted by Gasteiger charge is 2.24. The van der Waals surface area contributed by atoms with Gasteiger partial charge in [0.1, 0.15) is 11.9 Å². The molecule has 1 aliphatic carbocycles. The molecule has 1 aromatic heterocycles. The van der Waals surface area contributed by atoms with Gasteiger partial charge in [0.15, 0.2) is 0 Å². The van der Waals surface area contributed by atoms with Gasteiger partial charge in [0.05, 0.1) is 25.2 Å². The zero-order valence-electron chi connectivity index (χ0n) is 14.3. The fourth-order valence-electron chi connectivity index (χ4n) is 3.36. The number of H-pyrrole nitrogens is 1. The molecular weight excluding hydrogens is 306 g/mol. The molecule has 1 aliphatic rings. The molecule has 2 aromatic rings. The summed E-state index contributed by atoms with van der Waals surface area (Å²) in [6.07, 6.45) is 6.75. The fraction of sp³-hybridized carbons (Fsp3) is 0.556. The van der Waals surface area contributed by atoms with E-state index >= 15 is 0 Å². The van der Waals surface area contributed by atoms with Gasteiger partial charge in [-0.2, -0.15) is 5.10 Å². The minimum absolute atomic E-state index is 0.171. The lowest BCUT2D eigenvalue weighted by atomic mass is 9.92. The van der Waals surface area contributed by atoms with Crippen molar-refractivity contribution in [2.75, 3.05) is 13.7 Å². The Bertz CT molecular complexity index is 698. The van der Waals surface area contributed by atoms with Gasteiger partial charge in [0.25, 0.3) is 0 Å². The summed E-state index contributed by atoms with van der Waals surface area (Å²) in [5.74, 6) is 0.763. The molecule has 130 valence electrons. The topological polar surface area (TPSA) is 76.2 Å². The van der Waals surface area contributed by atoms with Crippen molar-refractivity contribution in [2.24, 2.45) is 0 Å². The third-order valence-corrected chi connectivity index (χ3v) is 4.75. The van der Waals surface area contributed by atoms with Crippen molar-refractivity contribution in [1.82, 2.24) is 15.5 Å². The lowest BCUT2D eigenvalue weighted by Crippen LogP contribution is -2.39. The third kappa shape index (κ3) is 3.87. The molecule has 0 spiro atoms. The smallest absolute Gasteiger partial charge is 0.306 e. The second-order valence-electron chi connectivity index (χ2n) is 6.40. The maximum absolute atomic E-state index is 11.2. The molecule has 0 radical (unpaired) electrons. The zero-order valence-corrected chi connectivity index (χ0v) is 14.3. The number of esters is 1. The summed E-state index contributed by atoms with van der Waals surface area (Å²) in [5, 5.41) is 11.6. The summed E-state index contributed by atoms with van der Waals surface area (Å²) < 4.78 is 10.9. The Morgan fingerprint density at radius 3 is 3.12 bits per heavy atom. The van der Waals surface area contributed by atoms with E-state index in [0.717, 1.165) is 47.9 Å². The first kappa shape index (κ1) is 16.8. The van der Waals surface area contributed by atoms with Crippen molar-refractivity contribution in [1.29, 1.82) is 0 Å². The van der Waals surface area contributed by atoms with Crippen LogP contribution in [0.5, 0.6) is 5.75 Å². The molecule has 3 rings (SSSR count). The number of benzene rings is 1. The summed E-state index contributed by atoms with van der Waals surface area (Å²) in [5.41, 5.74) is 2.16. The highest BCUT2D eigenvalue weighted by molar-refractivity contribution is 5.83. The molecule has 0 bridgehead atoms. The Balaban J connectivity index is 1.56. The second-order valence-corrected chi connectivity index (χ2v) is 6.40. The molecule has 2 atom stereocenters. The Morgan fingerprint density at radius 2 is 2.29 bits per heavy atom. The van der Waals surface area contributed by atoms with Crippen molar-refractivity contribution >= 4 is 16.9 Å². The minimum Gasteiger partial charge on any atom is -0.490 e. The molecule has 0 aliphatic heterocycles. The van der Waals surface area contributed by atoms with Crippen LogP contribution >= 0.6 is 0 Å². The van der Waals surface area contributed by atoms with Crippen LogP contribution in [0.1, 0.15) is 37.7 Å². The molecule has 0 saturated heterocycles. The molecule has 1 heterocycles.